The molecule has 0 spiro atoms. The lowest BCUT2D eigenvalue weighted by molar-refractivity contribution is -0.168. The van der Waals surface area contributed by atoms with Crippen LogP contribution in [0.3, 0.4) is 0 Å². The molecule has 0 unspecified atom stereocenters. The Hall–Kier alpha value is -3.14. The minimum Gasteiger partial charge on any atom is -0.504 e. The molecule has 1 aliphatic heterocycles. The van der Waals surface area contributed by atoms with E-state index in [-0.39, 0.29) is 23.2 Å². The van der Waals surface area contributed by atoms with Gasteiger partial charge in [0.05, 0.1) is 6.61 Å². The summed E-state index contributed by atoms with van der Waals surface area (Å²) in [5.74, 6) is -1.31. The van der Waals surface area contributed by atoms with Crippen molar-refractivity contribution in [2.45, 2.75) is 55.0 Å². The molecule has 1 saturated heterocycles. The van der Waals surface area contributed by atoms with E-state index in [0.717, 1.165) is 19.3 Å². The number of benzene rings is 1. The number of aromatic nitrogens is 4. The Morgan fingerprint density at radius 2 is 1.92 bits per heavy atom. The van der Waals surface area contributed by atoms with Crippen molar-refractivity contribution in [1.82, 2.24) is 24.4 Å². The molecule has 0 aliphatic carbocycles. The molecule has 6 N–H and O–H groups in total. The van der Waals surface area contributed by atoms with Crippen LogP contribution in [0.1, 0.15) is 26.2 Å². The van der Waals surface area contributed by atoms with E-state index in [4.69, 9.17) is 15.6 Å². The van der Waals surface area contributed by atoms with Crippen molar-refractivity contribution in [1.29, 1.82) is 0 Å². The first-order valence-electron chi connectivity index (χ1n) is 12.2. The smallest absolute Gasteiger partial charge is 0.338 e. The Bertz CT molecular complexity index is 1360. The van der Waals surface area contributed by atoms with Crippen molar-refractivity contribution in [3.8, 4) is 11.5 Å². The number of likely N-dealkylation sites (tertiary alicyclic amines) is 1. The van der Waals surface area contributed by atoms with Gasteiger partial charge in [0.2, 0.25) is 0 Å². The van der Waals surface area contributed by atoms with Crippen molar-refractivity contribution in [2.75, 3.05) is 25.4 Å². The fraction of sp³-hybridized carbons (Fsp3) is 0.458. The van der Waals surface area contributed by atoms with E-state index < -0.39 is 24.8 Å². The number of hydrogen-bond donors (Lipinski definition) is 5. The first-order valence-corrected chi connectivity index (χ1v) is 13.8. The Labute approximate surface area is 236 Å². The summed E-state index contributed by atoms with van der Waals surface area (Å²) in [4.78, 5) is 39.7. The average molecular weight is 626 g/mol. The lowest BCUT2D eigenvalue weighted by atomic mass is 9.93. The van der Waals surface area contributed by atoms with Crippen molar-refractivity contribution in [2.24, 2.45) is 5.92 Å². The molecule has 1 amide bonds. The standard InChI is InChI=1S/C24H29BrN6O7S/c1-12(38-23(37)17(35)10-32)22(36)30-5-2-13(3-6-30)4-7-31-21-19(20(26)27-11-28-21)29-24(31)39-18-9-16(34)15(33)8-14(18)25/h8-9,11-13,17,32-35H,2-7,10H2,1H3,(H2,26,27,28)/t12-,17-/m0/s1. The Balaban J connectivity index is 1.42. The van der Waals surface area contributed by atoms with Crippen LogP contribution in [-0.2, 0) is 20.9 Å². The molecule has 4 rings (SSSR count). The number of esters is 1. The van der Waals surface area contributed by atoms with Crippen LogP contribution in [0.25, 0.3) is 11.2 Å². The van der Waals surface area contributed by atoms with E-state index in [1.54, 1.807) is 4.90 Å². The second-order valence-corrected chi connectivity index (χ2v) is 11.0. The van der Waals surface area contributed by atoms with Crippen LogP contribution in [-0.4, -0.2) is 88.6 Å². The number of aliphatic hydroxyl groups is 2. The van der Waals surface area contributed by atoms with Crippen molar-refractivity contribution in [3.05, 3.63) is 22.9 Å². The Morgan fingerprint density at radius 1 is 1.23 bits per heavy atom. The van der Waals surface area contributed by atoms with Crippen LogP contribution in [0.4, 0.5) is 5.82 Å². The van der Waals surface area contributed by atoms with Crippen LogP contribution in [0.5, 0.6) is 11.5 Å². The molecule has 1 aliphatic rings. The molecule has 3 heterocycles. The molecule has 2 atom stereocenters. The number of imidazole rings is 1. The minimum atomic E-state index is -1.67. The van der Waals surface area contributed by atoms with Crippen molar-refractivity contribution >= 4 is 56.6 Å². The van der Waals surface area contributed by atoms with Crippen LogP contribution in [0.2, 0.25) is 0 Å². The number of nitrogen functional groups attached to an aromatic ring is 1. The lowest BCUT2D eigenvalue weighted by Crippen LogP contribution is -2.45. The quantitative estimate of drug-likeness (QED) is 0.171. The van der Waals surface area contributed by atoms with Gasteiger partial charge in [-0.05, 0) is 60.2 Å². The minimum absolute atomic E-state index is 0.241. The van der Waals surface area contributed by atoms with E-state index in [1.807, 2.05) is 4.57 Å². The summed E-state index contributed by atoms with van der Waals surface area (Å²) in [6.07, 6.45) is 0.917. The Morgan fingerprint density at radius 3 is 2.62 bits per heavy atom. The fourth-order valence-corrected chi connectivity index (χ4v) is 5.83. The number of aryl methyl sites for hydroxylation is 1. The van der Waals surface area contributed by atoms with Gasteiger partial charge in [-0.1, -0.05) is 11.8 Å². The second kappa shape index (κ2) is 12.4. The van der Waals surface area contributed by atoms with Crippen LogP contribution >= 0.6 is 27.7 Å². The number of nitrogens with zero attached hydrogens (tertiary/aromatic N) is 5. The molecule has 210 valence electrons. The zero-order valence-corrected chi connectivity index (χ0v) is 23.4. The van der Waals surface area contributed by atoms with Gasteiger partial charge in [0.25, 0.3) is 5.91 Å². The first-order chi connectivity index (χ1) is 18.6. The third kappa shape index (κ3) is 6.54. The third-order valence-corrected chi connectivity index (χ3v) is 8.50. The molecule has 2 aromatic heterocycles. The van der Waals surface area contributed by atoms with E-state index in [0.29, 0.717) is 51.2 Å². The number of rotatable bonds is 9. The van der Waals surface area contributed by atoms with Gasteiger partial charge in [0.1, 0.15) is 6.33 Å². The zero-order chi connectivity index (χ0) is 28.3. The number of hydrogen-bond acceptors (Lipinski definition) is 12. The van der Waals surface area contributed by atoms with Gasteiger partial charge in [-0.15, -0.1) is 0 Å². The van der Waals surface area contributed by atoms with Crippen LogP contribution in [0.15, 0.2) is 33.0 Å². The number of aromatic hydroxyl groups is 2. The van der Waals surface area contributed by atoms with Gasteiger partial charge in [-0.25, -0.2) is 19.7 Å². The highest BCUT2D eigenvalue weighted by molar-refractivity contribution is 9.10. The normalized spacial score (nSPS) is 15.8. The topological polar surface area (TPSA) is 197 Å². The van der Waals surface area contributed by atoms with Gasteiger partial charge >= 0.3 is 5.97 Å². The maximum Gasteiger partial charge on any atom is 0.338 e. The Kier molecular flexibility index (Phi) is 9.15. The molecule has 0 radical (unpaired) electrons. The van der Waals surface area contributed by atoms with Gasteiger partial charge in [0, 0.05) is 29.0 Å². The third-order valence-electron chi connectivity index (χ3n) is 6.53. The molecular weight excluding hydrogens is 596 g/mol. The largest absolute Gasteiger partial charge is 0.504 e. The number of ether oxygens (including phenoxy) is 1. The summed E-state index contributed by atoms with van der Waals surface area (Å²) in [7, 11) is 0. The van der Waals surface area contributed by atoms with Crippen LogP contribution in [0, 0.1) is 5.92 Å². The number of nitrogens with two attached hydrogens (primary N) is 1. The van der Waals surface area contributed by atoms with Crippen molar-refractivity contribution in [3.63, 3.8) is 0 Å². The number of halogens is 1. The van der Waals surface area contributed by atoms with Gasteiger partial charge in [0.15, 0.2) is 45.8 Å². The summed E-state index contributed by atoms with van der Waals surface area (Å²) in [6.45, 7) is 2.23. The number of amides is 1. The lowest BCUT2D eigenvalue weighted by Gasteiger charge is -2.33. The maximum absolute atomic E-state index is 12.7. The number of fused-ring (bicyclic) bond motifs is 1. The molecule has 13 nitrogen and oxygen atoms in total. The summed E-state index contributed by atoms with van der Waals surface area (Å²) in [5, 5.41) is 38.6. The predicted octanol–water partition coefficient (Wildman–Crippen LogP) is 1.65. The van der Waals surface area contributed by atoms with Gasteiger partial charge in [-0.2, -0.15) is 0 Å². The molecule has 1 fully saturated rings. The van der Waals surface area contributed by atoms with Gasteiger partial charge < -0.3 is 40.4 Å². The average Bonchev–Trinajstić information content (AvgIpc) is 3.28. The number of carbonyl (C=O) groups excluding carboxylic acids is 2. The molecular formula is C24H29BrN6O7S. The molecule has 15 heteroatoms. The van der Waals surface area contributed by atoms with E-state index in [1.165, 1.54) is 37.1 Å². The molecule has 0 bridgehead atoms. The molecule has 39 heavy (non-hydrogen) atoms. The maximum atomic E-state index is 12.7. The molecule has 0 saturated carbocycles. The highest BCUT2D eigenvalue weighted by Gasteiger charge is 2.30. The second-order valence-electron chi connectivity index (χ2n) is 9.19. The molecule has 3 aromatic rings. The van der Waals surface area contributed by atoms with E-state index in [2.05, 4.69) is 30.9 Å². The predicted molar refractivity (Wildman–Crippen MR) is 144 cm³/mol. The summed E-state index contributed by atoms with van der Waals surface area (Å²) in [5.41, 5.74) is 7.10. The summed E-state index contributed by atoms with van der Waals surface area (Å²) < 4.78 is 7.50. The zero-order valence-electron chi connectivity index (χ0n) is 21.0. The fourth-order valence-electron chi connectivity index (χ4n) is 4.31. The number of phenolic OH excluding ortho intramolecular Hbond substituents is 2. The number of piperidine rings is 1. The SMILES string of the molecule is C[C@H](OC(=O)[C@@H](O)CO)C(=O)N1CCC(CCn2c(Sc3cc(O)c(O)cc3Br)nc3c(N)ncnc32)CC1. The summed E-state index contributed by atoms with van der Waals surface area (Å²) >= 11 is 4.69. The monoisotopic (exact) mass is 624 g/mol. The van der Waals surface area contributed by atoms with E-state index in [9.17, 15) is 24.9 Å². The first kappa shape index (κ1) is 28.9. The van der Waals surface area contributed by atoms with Gasteiger partial charge in [-0.3, -0.25) is 4.79 Å². The number of anilines is 1. The van der Waals surface area contributed by atoms with Crippen LogP contribution < -0.4 is 5.73 Å². The highest BCUT2D eigenvalue weighted by atomic mass is 79.9. The number of carbonyl (C=O) groups is 2. The number of phenols is 2. The van der Waals surface area contributed by atoms with E-state index >= 15 is 0 Å². The van der Waals surface area contributed by atoms with Crippen molar-refractivity contribution < 1.29 is 34.8 Å². The number of aliphatic hydroxyl groups excluding tert-OH is 2. The highest BCUT2D eigenvalue weighted by Crippen LogP contribution is 2.40. The molecule has 1 aromatic carbocycles. The summed E-state index contributed by atoms with van der Waals surface area (Å²) in [6, 6.07) is 2.85.